The van der Waals surface area contributed by atoms with E-state index in [0.29, 0.717) is 18.8 Å². The van der Waals surface area contributed by atoms with Crippen molar-refractivity contribution in [2.24, 2.45) is 5.73 Å². The van der Waals surface area contributed by atoms with Crippen molar-refractivity contribution in [1.82, 2.24) is 10.2 Å². The van der Waals surface area contributed by atoms with E-state index in [-0.39, 0.29) is 11.9 Å². The molecule has 0 spiro atoms. The number of fused-ring (bicyclic) bond motifs is 1. The van der Waals surface area contributed by atoms with Gasteiger partial charge in [-0.05, 0) is 27.1 Å². The summed E-state index contributed by atoms with van der Waals surface area (Å²) >= 11 is 0. The largest absolute Gasteiger partial charge is 0.451 e. The van der Waals surface area contributed by atoms with Crippen molar-refractivity contribution >= 4 is 16.9 Å². The van der Waals surface area contributed by atoms with Crippen LogP contribution in [-0.4, -0.2) is 37.5 Å². The van der Waals surface area contributed by atoms with Crippen LogP contribution >= 0.6 is 0 Å². The van der Waals surface area contributed by atoms with Crippen LogP contribution in [0.4, 0.5) is 0 Å². The number of amides is 1. The topological polar surface area (TPSA) is 71.5 Å². The number of nitrogens with two attached hydrogens (primary N) is 1. The minimum Gasteiger partial charge on any atom is -0.451 e. The molecule has 0 saturated heterocycles. The molecule has 0 unspecified atom stereocenters. The maximum absolute atomic E-state index is 12.3. The van der Waals surface area contributed by atoms with Crippen LogP contribution in [0.3, 0.4) is 0 Å². The van der Waals surface area contributed by atoms with E-state index in [2.05, 4.69) is 5.32 Å². The minimum atomic E-state index is -0.212. The molecule has 0 fully saturated rings. The van der Waals surface area contributed by atoms with Crippen molar-refractivity contribution < 1.29 is 9.21 Å². The molecule has 0 radical (unpaired) electrons. The second kappa shape index (κ2) is 6.07. The molecule has 5 nitrogen and oxygen atoms in total. The quantitative estimate of drug-likeness (QED) is 0.869. The zero-order chi connectivity index (χ0) is 14.7. The van der Waals surface area contributed by atoms with Crippen molar-refractivity contribution in [1.29, 1.82) is 0 Å². The number of para-hydroxylation sites is 1. The Kier molecular flexibility index (Phi) is 4.42. The van der Waals surface area contributed by atoms with Crippen LogP contribution in [0.1, 0.15) is 23.0 Å². The molecule has 0 saturated carbocycles. The first-order valence-electron chi connectivity index (χ1n) is 6.69. The molecule has 0 aliphatic heterocycles. The van der Waals surface area contributed by atoms with Crippen LogP contribution in [0.5, 0.6) is 0 Å². The molecule has 2 aromatic rings. The summed E-state index contributed by atoms with van der Waals surface area (Å²) in [6.45, 7) is 2.91. The van der Waals surface area contributed by atoms with Gasteiger partial charge in [-0.3, -0.25) is 4.79 Å². The minimum absolute atomic E-state index is 0.0806. The van der Waals surface area contributed by atoms with Gasteiger partial charge in [0.05, 0.1) is 0 Å². The molecule has 0 aliphatic carbocycles. The Balaban J connectivity index is 2.43. The first-order chi connectivity index (χ1) is 9.52. The molecule has 1 amide bonds. The number of carbonyl (C=O) groups is 1. The van der Waals surface area contributed by atoms with Crippen LogP contribution < -0.4 is 11.1 Å². The molecule has 3 N–H and O–H groups in total. The Bertz CT molecular complexity index is 604. The second-order valence-corrected chi connectivity index (χ2v) is 5.25. The van der Waals surface area contributed by atoms with Crippen molar-refractivity contribution in [3.05, 3.63) is 35.6 Å². The number of nitrogens with zero attached hydrogens (tertiary/aromatic N) is 1. The van der Waals surface area contributed by atoms with E-state index in [9.17, 15) is 4.79 Å². The number of furan rings is 1. The van der Waals surface area contributed by atoms with Gasteiger partial charge in [-0.25, -0.2) is 0 Å². The highest BCUT2D eigenvalue weighted by Gasteiger charge is 2.21. The number of hydrogen-bond acceptors (Lipinski definition) is 4. The van der Waals surface area contributed by atoms with Crippen molar-refractivity contribution in [2.75, 3.05) is 20.6 Å². The molecule has 0 aliphatic rings. The third kappa shape index (κ3) is 3.00. The summed E-state index contributed by atoms with van der Waals surface area (Å²) in [5, 5.41) is 3.82. The molecule has 5 heteroatoms. The summed E-state index contributed by atoms with van der Waals surface area (Å²) in [4.78, 5) is 14.3. The lowest BCUT2D eigenvalue weighted by atomic mass is 10.1. The molecule has 2 rings (SSSR count). The highest BCUT2D eigenvalue weighted by atomic mass is 16.3. The molecule has 1 aromatic carbocycles. The predicted molar refractivity (Wildman–Crippen MR) is 79.6 cm³/mol. The smallest absolute Gasteiger partial charge is 0.287 e. The van der Waals surface area contributed by atoms with E-state index in [1.807, 2.05) is 50.2 Å². The summed E-state index contributed by atoms with van der Waals surface area (Å²) in [6, 6.07) is 7.61. The summed E-state index contributed by atoms with van der Waals surface area (Å²) in [5.74, 6) is 0.163. The number of rotatable bonds is 5. The van der Waals surface area contributed by atoms with Crippen LogP contribution in [0.15, 0.2) is 28.7 Å². The van der Waals surface area contributed by atoms with Gasteiger partial charge in [0.15, 0.2) is 5.76 Å². The van der Waals surface area contributed by atoms with E-state index < -0.39 is 0 Å². The zero-order valence-electron chi connectivity index (χ0n) is 12.1. The van der Waals surface area contributed by atoms with Gasteiger partial charge in [0.25, 0.3) is 5.91 Å². The van der Waals surface area contributed by atoms with Gasteiger partial charge in [0.2, 0.25) is 0 Å². The predicted octanol–water partition coefficient (Wildman–Crippen LogP) is 1.57. The van der Waals surface area contributed by atoms with Gasteiger partial charge >= 0.3 is 0 Å². The van der Waals surface area contributed by atoms with E-state index in [4.69, 9.17) is 10.2 Å². The van der Waals surface area contributed by atoms with Gasteiger partial charge < -0.3 is 20.4 Å². The third-order valence-electron chi connectivity index (χ3n) is 3.11. The fraction of sp³-hybridized carbons (Fsp3) is 0.400. The molecule has 1 atom stereocenters. The SMILES string of the molecule is C[C@@H](CN)NC(=O)c1oc2ccccc2c1CN(C)C. The summed E-state index contributed by atoms with van der Waals surface area (Å²) in [7, 11) is 3.93. The number of benzene rings is 1. The average Bonchev–Trinajstić information content (AvgIpc) is 2.77. The first kappa shape index (κ1) is 14.6. The zero-order valence-corrected chi connectivity index (χ0v) is 12.1. The number of nitrogens with one attached hydrogen (secondary N) is 1. The maximum atomic E-state index is 12.3. The van der Waals surface area contributed by atoms with E-state index in [1.165, 1.54) is 0 Å². The van der Waals surface area contributed by atoms with Gasteiger partial charge in [-0.1, -0.05) is 18.2 Å². The van der Waals surface area contributed by atoms with Crippen LogP contribution in [0, 0.1) is 0 Å². The first-order valence-corrected chi connectivity index (χ1v) is 6.69. The van der Waals surface area contributed by atoms with Crippen molar-refractivity contribution in [3.63, 3.8) is 0 Å². The van der Waals surface area contributed by atoms with Gasteiger partial charge in [-0.15, -0.1) is 0 Å². The van der Waals surface area contributed by atoms with Crippen LogP contribution in [-0.2, 0) is 6.54 Å². The molecular formula is C15H21N3O2. The van der Waals surface area contributed by atoms with E-state index in [0.717, 1.165) is 16.5 Å². The third-order valence-corrected chi connectivity index (χ3v) is 3.11. The summed E-state index contributed by atoms with van der Waals surface area (Å²) in [5.41, 5.74) is 7.18. The average molecular weight is 275 g/mol. The van der Waals surface area contributed by atoms with Gasteiger partial charge in [0, 0.05) is 30.1 Å². The molecule has 108 valence electrons. The number of hydrogen-bond donors (Lipinski definition) is 2. The highest BCUT2D eigenvalue weighted by molar-refractivity contribution is 5.99. The Hall–Kier alpha value is -1.85. The standard InChI is InChI=1S/C15H21N3O2/c1-10(8-16)17-15(19)14-12(9-18(2)3)11-6-4-5-7-13(11)20-14/h4-7,10H,8-9,16H2,1-3H3,(H,17,19)/t10-/m0/s1. The summed E-state index contributed by atoms with van der Waals surface area (Å²) in [6.07, 6.45) is 0. The maximum Gasteiger partial charge on any atom is 0.287 e. The van der Waals surface area contributed by atoms with Crippen LogP contribution in [0.25, 0.3) is 11.0 Å². The van der Waals surface area contributed by atoms with Crippen LogP contribution in [0.2, 0.25) is 0 Å². The summed E-state index contributed by atoms with van der Waals surface area (Å²) < 4.78 is 5.73. The van der Waals surface area contributed by atoms with E-state index >= 15 is 0 Å². The lowest BCUT2D eigenvalue weighted by Gasteiger charge is -2.12. The van der Waals surface area contributed by atoms with Gasteiger partial charge in [-0.2, -0.15) is 0 Å². The fourth-order valence-electron chi connectivity index (χ4n) is 2.10. The Morgan fingerprint density at radius 3 is 2.75 bits per heavy atom. The molecular weight excluding hydrogens is 254 g/mol. The molecule has 20 heavy (non-hydrogen) atoms. The Labute approximate surface area is 118 Å². The second-order valence-electron chi connectivity index (χ2n) is 5.25. The highest BCUT2D eigenvalue weighted by Crippen LogP contribution is 2.26. The lowest BCUT2D eigenvalue weighted by molar-refractivity contribution is 0.0913. The van der Waals surface area contributed by atoms with Crippen molar-refractivity contribution in [2.45, 2.75) is 19.5 Å². The lowest BCUT2D eigenvalue weighted by Crippen LogP contribution is -2.38. The Morgan fingerprint density at radius 1 is 1.40 bits per heavy atom. The number of carbonyl (C=O) groups excluding carboxylic acids is 1. The molecule has 1 heterocycles. The van der Waals surface area contributed by atoms with Gasteiger partial charge in [0.1, 0.15) is 5.58 Å². The molecule has 1 aromatic heterocycles. The Morgan fingerprint density at radius 2 is 2.10 bits per heavy atom. The van der Waals surface area contributed by atoms with E-state index in [1.54, 1.807) is 0 Å². The fourth-order valence-corrected chi connectivity index (χ4v) is 2.10. The monoisotopic (exact) mass is 275 g/mol. The normalized spacial score (nSPS) is 12.8. The molecule has 0 bridgehead atoms. The van der Waals surface area contributed by atoms with Crippen molar-refractivity contribution in [3.8, 4) is 0 Å².